The minimum absolute atomic E-state index is 0.226. The van der Waals surface area contributed by atoms with E-state index in [0.717, 1.165) is 20.8 Å². The van der Waals surface area contributed by atoms with Crippen LogP contribution in [0.25, 0.3) is 22.2 Å². The van der Waals surface area contributed by atoms with Gasteiger partial charge in [-0.05, 0) is 19.1 Å². The van der Waals surface area contributed by atoms with Gasteiger partial charge in [0.15, 0.2) is 5.13 Å². The summed E-state index contributed by atoms with van der Waals surface area (Å²) in [7, 11) is 0. The molecule has 1 amide bonds. The minimum atomic E-state index is -0.380. The lowest BCUT2D eigenvalue weighted by Crippen LogP contribution is -2.30. The van der Waals surface area contributed by atoms with Gasteiger partial charge >= 0.3 is 0 Å². The highest BCUT2D eigenvalue weighted by atomic mass is 32.1. The van der Waals surface area contributed by atoms with Crippen LogP contribution >= 0.6 is 11.3 Å². The molecule has 0 aliphatic carbocycles. The molecule has 4 aromatic rings. The number of carbonyl (C=O) groups excluding carboxylic acids is 1. The molecule has 7 nitrogen and oxygen atoms in total. The third-order valence-corrected chi connectivity index (χ3v) is 4.90. The Morgan fingerprint density at radius 1 is 1.11 bits per heavy atom. The van der Waals surface area contributed by atoms with Crippen molar-refractivity contribution in [2.45, 2.75) is 13.5 Å². The second kappa shape index (κ2) is 7.08. The van der Waals surface area contributed by atoms with Crippen molar-refractivity contribution < 1.29 is 4.79 Å². The van der Waals surface area contributed by atoms with Crippen LogP contribution < -0.4 is 10.9 Å². The fourth-order valence-electron chi connectivity index (χ4n) is 2.74. The number of carbonyl (C=O) groups is 1. The number of hydrogen-bond acceptors (Lipinski definition) is 6. The van der Waals surface area contributed by atoms with Crippen molar-refractivity contribution in [3.8, 4) is 11.3 Å². The van der Waals surface area contributed by atoms with Crippen molar-refractivity contribution in [1.82, 2.24) is 20.0 Å². The summed E-state index contributed by atoms with van der Waals surface area (Å²) < 4.78 is 1.05. The van der Waals surface area contributed by atoms with E-state index in [9.17, 15) is 9.59 Å². The van der Waals surface area contributed by atoms with Crippen molar-refractivity contribution >= 4 is 33.3 Å². The van der Waals surface area contributed by atoms with Crippen molar-refractivity contribution in [3.63, 3.8) is 0 Å². The first-order valence-corrected chi connectivity index (χ1v) is 9.09. The summed E-state index contributed by atoms with van der Waals surface area (Å²) in [4.78, 5) is 30.3. The lowest BCUT2D eigenvalue weighted by Gasteiger charge is -2.04. The number of fused-ring (bicyclic) bond motifs is 1. The number of anilines is 1. The van der Waals surface area contributed by atoms with Gasteiger partial charge in [0, 0.05) is 10.4 Å². The highest BCUT2D eigenvalue weighted by molar-refractivity contribution is 7.16. The van der Waals surface area contributed by atoms with Crippen LogP contribution in [0.2, 0.25) is 0 Å². The molecular formula is C19H15N5O2S. The molecule has 0 spiro atoms. The van der Waals surface area contributed by atoms with E-state index >= 15 is 0 Å². The number of rotatable bonds is 4. The molecular weight excluding hydrogens is 362 g/mol. The van der Waals surface area contributed by atoms with Crippen molar-refractivity contribution in [1.29, 1.82) is 0 Å². The van der Waals surface area contributed by atoms with Crippen LogP contribution in [0.5, 0.6) is 0 Å². The van der Waals surface area contributed by atoms with E-state index in [1.54, 1.807) is 24.3 Å². The first-order chi connectivity index (χ1) is 13.1. The fraction of sp³-hybridized carbons (Fsp3) is 0.105. The number of benzene rings is 2. The van der Waals surface area contributed by atoms with Crippen LogP contribution in [-0.4, -0.2) is 25.9 Å². The number of aryl methyl sites for hydroxylation is 1. The maximum atomic E-state index is 12.4. The highest BCUT2D eigenvalue weighted by Crippen LogP contribution is 2.30. The third-order valence-electron chi connectivity index (χ3n) is 4.01. The lowest BCUT2D eigenvalue weighted by atomic mass is 10.1. The molecule has 0 aliphatic rings. The topological polar surface area (TPSA) is 89.8 Å². The number of thiazole rings is 1. The average Bonchev–Trinajstić information content (AvgIpc) is 3.05. The molecule has 2 aromatic carbocycles. The second-order valence-electron chi connectivity index (χ2n) is 5.91. The minimum Gasteiger partial charge on any atom is -0.300 e. The lowest BCUT2D eigenvalue weighted by molar-refractivity contribution is -0.117. The molecule has 8 heteroatoms. The standard InChI is InChI=1S/C19H15N5O2S/c1-12-17(13-7-3-2-4-8-13)21-19(27-12)20-16(25)11-24-18(26)14-9-5-6-10-15(14)22-23-24/h2-10H,11H2,1H3,(H,20,21,25). The van der Waals surface area contributed by atoms with Crippen LogP contribution in [0, 0.1) is 6.92 Å². The summed E-state index contributed by atoms with van der Waals surface area (Å²) >= 11 is 1.39. The van der Waals surface area contributed by atoms with E-state index in [1.165, 1.54) is 11.3 Å². The fourth-order valence-corrected chi connectivity index (χ4v) is 3.59. The van der Waals surface area contributed by atoms with Gasteiger partial charge in [0.2, 0.25) is 5.91 Å². The van der Waals surface area contributed by atoms with Crippen LogP contribution in [0.15, 0.2) is 59.4 Å². The van der Waals surface area contributed by atoms with E-state index in [1.807, 2.05) is 37.3 Å². The van der Waals surface area contributed by atoms with Gasteiger partial charge in [0.05, 0.1) is 11.1 Å². The van der Waals surface area contributed by atoms with Crippen molar-refractivity contribution in [2.75, 3.05) is 5.32 Å². The van der Waals surface area contributed by atoms with Crippen LogP contribution in [0.3, 0.4) is 0 Å². The van der Waals surface area contributed by atoms with E-state index in [-0.39, 0.29) is 18.0 Å². The first-order valence-electron chi connectivity index (χ1n) is 8.27. The zero-order valence-corrected chi connectivity index (χ0v) is 15.2. The average molecular weight is 377 g/mol. The first kappa shape index (κ1) is 17.0. The van der Waals surface area contributed by atoms with Crippen LogP contribution in [0.4, 0.5) is 5.13 Å². The molecule has 27 heavy (non-hydrogen) atoms. The van der Waals surface area contributed by atoms with E-state index in [4.69, 9.17) is 0 Å². The maximum Gasteiger partial charge on any atom is 0.278 e. The smallest absolute Gasteiger partial charge is 0.278 e. The summed E-state index contributed by atoms with van der Waals surface area (Å²) in [6.07, 6.45) is 0. The molecule has 4 rings (SSSR count). The third kappa shape index (κ3) is 3.47. The van der Waals surface area contributed by atoms with Crippen LogP contribution in [-0.2, 0) is 11.3 Å². The quantitative estimate of drug-likeness (QED) is 0.591. The van der Waals surface area contributed by atoms with E-state index < -0.39 is 0 Å². The molecule has 0 saturated heterocycles. The Hall–Kier alpha value is -3.39. The maximum absolute atomic E-state index is 12.4. The highest BCUT2D eigenvalue weighted by Gasteiger charge is 2.14. The number of nitrogens with one attached hydrogen (secondary N) is 1. The largest absolute Gasteiger partial charge is 0.300 e. The molecule has 0 fully saturated rings. The Balaban J connectivity index is 1.54. The zero-order chi connectivity index (χ0) is 18.8. The van der Waals surface area contributed by atoms with Gasteiger partial charge in [-0.15, -0.1) is 16.4 Å². The van der Waals surface area contributed by atoms with Crippen molar-refractivity contribution in [3.05, 3.63) is 69.8 Å². The second-order valence-corrected chi connectivity index (χ2v) is 7.11. The zero-order valence-electron chi connectivity index (χ0n) is 14.4. The van der Waals surface area contributed by atoms with Gasteiger partial charge in [0.25, 0.3) is 5.56 Å². The monoisotopic (exact) mass is 377 g/mol. The molecule has 1 N–H and O–H groups in total. The normalized spacial score (nSPS) is 10.9. The Morgan fingerprint density at radius 3 is 2.67 bits per heavy atom. The number of amides is 1. The molecule has 0 bridgehead atoms. The molecule has 134 valence electrons. The predicted molar refractivity (Wildman–Crippen MR) is 105 cm³/mol. The Kier molecular flexibility index (Phi) is 4.47. The van der Waals surface area contributed by atoms with Gasteiger partial charge in [-0.2, -0.15) is 0 Å². The predicted octanol–water partition coefficient (Wildman–Crippen LogP) is 2.86. The molecule has 0 aliphatic heterocycles. The molecule has 0 saturated carbocycles. The number of aromatic nitrogens is 4. The van der Waals surface area contributed by atoms with Gasteiger partial charge in [-0.3, -0.25) is 9.59 Å². The van der Waals surface area contributed by atoms with Gasteiger partial charge < -0.3 is 5.32 Å². The van der Waals surface area contributed by atoms with Gasteiger partial charge in [-0.25, -0.2) is 9.67 Å². The Morgan fingerprint density at radius 2 is 1.85 bits per heavy atom. The van der Waals surface area contributed by atoms with Gasteiger partial charge in [-0.1, -0.05) is 47.7 Å². The summed E-state index contributed by atoms with van der Waals surface area (Å²) in [5.41, 5.74) is 1.97. The Bertz CT molecular complexity index is 1180. The molecule has 0 radical (unpaired) electrons. The number of nitrogens with zero attached hydrogens (tertiary/aromatic N) is 4. The molecule has 2 heterocycles. The number of hydrogen-bond donors (Lipinski definition) is 1. The summed E-state index contributed by atoms with van der Waals surface area (Å²) in [5, 5.41) is 11.5. The molecule has 0 unspecified atom stereocenters. The van der Waals surface area contributed by atoms with E-state index in [0.29, 0.717) is 16.0 Å². The Labute approximate surface area is 158 Å². The van der Waals surface area contributed by atoms with Crippen molar-refractivity contribution in [2.24, 2.45) is 0 Å². The molecule has 0 atom stereocenters. The van der Waals surface area contributed by atoms with Crippen LogP contribution in [0.1, 0.15) is 4.88 Å². The van der Waals surface area contributed by atoms with E-state index in [2.05, 4.69) is 20.6 Å². The SMILES string of the molecule is Cc1sc(NC(=O)Cn2nnc3ccccc3c2=O)nc1-c1ccccc1. The summed E-state index contributed by atoms with van der Waals surface area (Å²) in [6.45, 7) is 1.73. The van der Waals surface area contributed by atoms with Gasteiger partial charge in [0.1, 0.15) is 12.1 Å². The summed E-state index contributed by atoms with van der Waals surface area (Å²) in [5.74, 6) is -0.380. The molecule has 2 aromatic heterocycles. The summed E-state index contributed by atoms with van der Waals surface area (Å²) in [6, 6.07) is 16.7.